The van der Waals surface area contributed by atoms with E-state index in [1.54, 1.807) is 86.7 Å². The minimum absolute atomic E-state index is 0.106. The van der Waals surface area contributed by atoms with Crippen LogP contribution in [0, 0.1) is 6.92 Å². The lowest BCUT2D eigenvalue weighted by atomic mass is 10.0. The van der Waals surface area contributed by atoms with Gasteiger partial charge in [-0.25, -0.2) is 19.4 Å². The number of carbonyl (C=O) groups is 3. The molecule has 0 saturated heterocycles. The molecule has 216 valence electrons. The predicted octanol–water partition coefficient (Wildman–Crippen LogP) is 7.10. The van der Waals surface area contributed by atoms with E-state index in [2.05, 4.69) is 10.1 Å². The zero-order chi connectivity index (χ0) is 30.4. The number of nitrogens with two attached hydrogens (primary N) is 1. The van der Waals surface area contributed by atoms with Gasteiger partial charge in [-0.15, -0.1) is 5.10 Å². The van der Waals surface area contributed by atoms with Crippen molar-refractivity contribution < 1.29 is 28.6 Å². The highest BCUT2D eigenvalue weighted by Crippen LogP contribution is 2.41. The van der Waals surface area contributed by atoms with Crippen molar-refractivity contribution in [3.05, 3.63) is 35.0 Å². The van der Waals surface area contributed by atoms with Gasteiger partial charge >= 0.3 is 18.3 Å². The molecule has 0 saturated carbocycles. The molecule has 2 amide bonds. The van der Waals surface area contributed by atoms with Gasteiger partial charge in [-0.2, -0.15) is 9.58 Å². The molecule has 0 aliphatic heterocycles. The first-order valence-corrected chi connectivity index (χ1v) is 13.0. The molecule has 12 heteroatoms. The van der Waals surface area contributed by atoms with E-state index in [-0.39, 0.29) is 21.7 Å². The van der Waals surface area contributed by atoms with E-state index in [0.717, 1.165) is 10.2 Å². The van der Waals surface area contributed by atoms with Crippen LogP contribution < -0.4 is 10.6 Å². The molecule has 0 aliphatic carbocycles. The van der Waals surface area contributed by atoms with E-state index in [1.165, 1.54) is 0 Å². The van der Waals surface area contributed by atoms with Crippen LogP contribution in [0.5, 0.6) is 0 Å². The van der Waals surface area contributed by atoms with Crippen LogP contribution in [0.4, 0.5) is 26.0 Å². The van der Waals surface area contributed by atoms with Crippen LogP contribution in [0.3, 0.4) is 0 Å². The van der Waals surface area contributed by atoms with Gasteiger partial charge < -0.3 is 19.9 Å². The zero-order valence-corrected chi connectivity index (χ0v) is 25.3. The van der Waals surface area contributed by atoms with Crippen LogP contribution >= 0.6 is 11.6 Å². The molecule has 2 aromatic heterocycles. The molecular formula is C28H36ClN5O6. The maximum absolute atomic E-state index is 13.5. The summed E-state index contributed by atoms with van der Waals surface area (Å²) in [4.78, 5) is 45.0. The molecule has 3 aromatic rings. The number of hydrogen-bond acceptors (Lipinski definition) is 9. The number of hydrogen-bond donors (Lipinski definition) is 1. The van der Waals surface area contributed by atoms with E-state index in [9.17, 15) is 14.4 Å². The number of nitrogens with zero attached hydrogens (tertiary/aromatic N) is 4. The predicted molar refractivity (Wildman–Crippen MR) is 154 cm³/mol. The van der Waals surface area contributed by atoms with Crippen molar-refractivity contribution in [1.82, 2.24) is 14.8 Å². The number of carbonyl (C=O) groups excluding carboxylic acids is 3. The summed E-state index contributed by atoms with van der Waals surface area (Å²) >= 11 is 6.97. The Labute approximate surface area is 238 Å². The van der Waals surface area contributed by atoms with Crippen molar-refractivity contribution in [3.8, 4) is 11.1 Å². The van der Waals surface area contributed by atoms with Crippen molar-refractivity contribution in [2.75, 3.05) is 10.6 Å². The fraction of sp³-hybridized carbons (Fsp3) is 0.464. The van der Waals surface area contributed by atoms with Crippen molar-refractivity contribution in [2.24, 2.45) is 0 Å². The van der Waals surface area contributed by atoms with Crippen molar-refractivity contribution in [2.45, 2.75) is 86.0 Å². The van der Waals surface area contributed by atoms with Crippen molar-refractivity contribution in [3.63, 3.8) is 0 Å². The highest BCUT2D eigenvalue weighted by molar-refractivity contribution is 6.40. The molecule has 2 N–H and O–H groups in total. The Balaban J connectivity index is 2.39. The van der Waals surface area contributed by atoms with Crippen LogP contribution in [0.15, 0.2) is 24.4 Å². The number of benzene rings is 1. The molecule has 1 aromatic carbocycles. The Morgan fingerprint density at radius 2 is 1.40 bits per heavy atom. The second-order valence-corrected chi connectivity index (χ2v) is 12.6. The average Bonchev–Trinajstić information content (AvgIpc) is 3.11. The largest absolute Gasteiger partial charge is 0.443 e. The van der Waals surface area contributed by atoms with Gasteiger partial charge in [-0.05, 0) is 86.9 Å². The topological polar surface area (TPSA) is 139 Å². The Bertz CT molecular complexity index is 1450. The van der Waals surface area contributed by atoms with Crippen LogP contribution in [0.1, 0.15) is 67.9 Å². The molecule has 2 heterocycles. The maximum atomic E-state index is 13.5. The molecule has 0 fully saturated rings. The molecule has 11 nitrogen and oxygen atoms in total. The number of amides is 2. The second kappa shape index (κ2) is 10.6. The first kappa shape index (κ1) is 30.7. The van der Waals surface area contributed by atoms with Crippen molar-refractivity contribution >= 4 is 52.4 Å². The Hall–Kier alpha value is -3.86. The monoisotopic (exact) mass is 573 g/mol. The normalized spacial score (nSPS) is 12.3. The summed E-state index contributed by atoms with van der Waals surface area (Å²) < 4.78 is 17.5. The third kappa shape index (κ3) is 7.01. The third-order valence-electron chi connectivity index (χ3n) is 5.12. The van der Waals surface area contributed by atoms with Crippen molar-refractivity contribution in [1.29, 1.82) is 0 Å². The summed E-state index contributed by atoms with van der Waals surface area (Å²) in [6.07, 6.45) is -1.41. The number of aromatic nitrogens is 3. The number of anilines is 2. The van der Waals surface area contributed by atoms with Crippen LogP contribution in [-0.2, 0) is 14.2 Å². The highest BCUT2D eigenvalue weighted by atomic mass is 35.5. The van der Waals surface area contributed by atoms with E-state index >= 15 is 0 Å². The smallest absolute Gasteiger partial charge is 0.435 e. The number of nitrogen functional groups attached to an aromatic ring is 1. The lowest BCUT2D eigenvalue weighted by molar-refractivity contribution is 0.0421. The molecule has 0 aliphatic rings. The molecule has 40 heavy (non-hydrogen) atoms. The van der Waals surface area contributed by atoms with E-state index in [0.29, 0.717) is 21.8 Å². The van der Waals surface area contributed by atoms with Gasteiger partial charge in [0.05, 0.1) is 15.9 Å². The molecule has 3 rings (SSSR count). The van der Waals surface area contributed by atoms with Gasteiger partial charge in [-0.3, -0.25) is 0 Å². The number of rotatable bonds is 2. The van der Waals surface area contributed by atoms with Gasteiger partial charge in [0.25, 0.3) is 0 Å². The SMILES string of the molecule is Cc1cc(N)ncc1-c1ccc2c(c(N(C(=O)OC(C)(C)C)C(=O)OC(C)(C)C)nn2C(=O)OC(C)(C)C)c1Cl. The molecule has 0 spiro atoms. The summed E-state index contributed by atoms with van der Waals surface area (Å²) in [7, 11) is 0. The van der Waals surface area contributed by atoms with Gasteiger partial charge in [-0.1, -0.05) is 17.7 Å². The summed E-state index contributed by atoms with van der Waals surface area (Å²) in [5.74, 6) is 0.0650. The van der Waals surface area contributed by atoms with E-state index in [1.807, 2.05) is 6.92 Å². The van der Waals surface area contributed by atoms with Gasteiger partial charge in [0.1, 0.15) is 22.6 Å². The Morgan fingerprint density at radius 1 is 0.875 bits per heavy atom. The number of aryl methyl sites for hydroxylation is 1. The van der Waals surface area contributed by atoms with Crippen LogP contribution in [0.25, 0.3) is 22.0 Å². The number of pyridine rings is 1. The maximum Gasteiger partial charge on any atom is 0.435 e. The molecule has 0 unspecified atom stereocenters. The fourth-order valence-corrected chi connectivity index (χ4v) is 4.03. The number of ether oxygens (including phenoxy) is 3. The first-order valence-electron chi connectivity index (χ1n) is 12.6. The lowest BCUT2D eigenvalue weighted by Gasteiger charge is -2.27. The summed E-state index contributed by atoms with van der Waals surface area (Å²) in [6, 6.07) is 4.96. The Kier molecular flexibility index (Phi) is 8.13. The van der Waals surface area contributed by atoms with Gasteiger partial charge in [0.2, 0.25) is 0 Å². The van der Waals surface area contributed by atoms with Gasteiger partial charge in [0.15, 0.2) is 5.82 Å². The molecule has 0 atom stereocenters. The molecule has 0 radical (unpaired) electrons. The summed E-state index contributed by atoms with van der Waals surface area (Å²) in [5.41, 5.74) is 5.17. The standard InChI is InChI=1S/C28H36ClN5O6/c1-15-13-19(30)31-14-17(15)16-11-12-18-20(21(16)29)22(32-34(18)25(37)40-28(8,9)10)33(23(35)38-26(2,3)4)24(36)39-27(5,6)7/h11-14H,1-10H3,(H2,30,31). The quantitative estimate of drug-likeness (QED) is 0.318. The third-order valence-corrected chi connectivity index (χ3v) is 5.51. The van der Waals surface area contributed by atoms with Crippen LogP contribution in [-0.4, -0.2) is 49.8 Å². The summed E-state index contributed by atoms with van der Waals surface area (Å²) in [6.45, 7) is 16.8. The minimum Gasteiger partial charge on any atom is -0.443 e. The average molecular weight is 574 g/mol. The second-order valence-electron chi connectivity index (χ2n) is 12.3. The first-order chi connectivity index (χ1) is 18.2. The number of fused-ring (bicyclic) bond motifs is 1. The van der Waals surface area contributed by atoms with E-state index < -0.39 is 35.1 Å². The Morgan fingerprint density at radius 3 is 1.88 bits per heavy atom. The lowest BCUT2D eigenvalue weighted by Crippen LogP contribution is -2.44. The van der Waals surface area contributed by atoms with E-state index in [4.69, 9.17) is 31.5 Å². The number of imide groups is 1. The van der Waals surface area contributed by atoms with Gasteiger partial charge in [0, 0.05) is 17.3 Å². The fourth-order valence-electron chi connectivity index (χ4n) is 3.68. The molecule has 0 bridgehead atoms. The zero-order valence-electron chi connectivity index (χ0n) is 24.5. The summed E-state index contributed by atoms with van der Waals surface area (Å²) in [5, 5.41) is 4.58. The van der Waals surface area contributed by atoms with Crippen LogP contribution in [0.2, 0.25) is 5.02 Å². The molecular weight excluding hydrogens is 538 g/mol. The number of halogens is 1. The highest BCUT2D eigenvalue weighted by Gasteiger charge is 2.38. The minimum atomic E-state index is -1.07.